The van der Waals surface area contributed by atoms with Gasteiger partial charge in [-0.3, -0.25) is 4.79 Å². The van der Waals surface area contributed by atoms with Crippen LogP contribution in [0.2, 0.25) is 5.02 Å². The van der Waals surface area contributed by atoms with Crippen molar-refractivity contribution in [2.24, 2.45) is 5.92 Å². The van der Waals surface area contributed by atoms with Gasteiger partial charge in [0.15, 0.2) is 0 Å². The Bertz CT molecular complexity index is 760. The highest BCUT2D eigenvalue weighted by Crippen LogP contribution is 2.30. The van der Waals surface area contributed by atoms with Crippen LogP contribution in [0, 0.1) is 11.7 Å². The van der Waals surface area contributed by atoms with E-state index in [-0.39, 0.29) is 22.6 Å². The van der Waals surface area contributed by atoms with Gasteiger partial charge in [0.1, 0.15) is 11.6 Å². The van der Waals surface area contributed by atoms with Crippen LogP contribution in [0.5, 0.6) is 5.75 Å². The lowest BCUT2D eigenvalue weighted by atomic mass is 10.1. The van der Waals surface area contributed by atoms with Crippen LogP contribution in [0.15, 0.2) is 48.5 Å². The van der Waals surface area contributed by atoms with Crippen LogP contribution in [-0.2, 0) is 4.79 Å². The van der Waals surface area contributed by atoms with Crippen molar-refractivity contribution in [1.29, 1.82) is 0 Å². The van der Waals surface area contributed by atoms with Crippen LogP contribution in [0.3, 0.4) is 0 Å². The number of carbonyl (C=O) groups is 1. The predicted octanol–water partition coefficient (Wildman–Crippen LogP) is 2.30. The number of β-amino-alcohol motifs (C(OH)–C–C–N with tert-alkyl or cyclic N) is 1. The Kier molecular flexibility index (Phi) is 6.08. The van der Waals surface area contributed by atoms with Crippen molar-refractivity contribution in [3.63, 3.8) is 0 Å². The molecule has 2 aromatic rings. The summed E-state index contributed by atoms with van der Waals surface area (Å²) in [7, 11) is 0. The van der Waals surface area contributed by atoms with Crippen molar-refractivity contribution in [3.05, 3.63) is 64.9 Å². The van der Waals surface area contributed by atoms with E-state index in [1.807, 2.05) is 6.07 Å². The van der Waals surface area contributed by atoms with Gasteiger partial charge < -0.3 is 20.5 Å². The Labute approximate surface area is 156 Å². The molecule has 7 heteroatoms. The minimum Gasteiger partial charge on any atom is -0.474 e. The summed E-state index contributed by atoms with van der Waals surface area (Å²) in [4.78, 5) is 12.7. The van der Waals surface area contributed by atoms with Gasteiger partial charge >= 0.3 is 0 Å². The van der Waals surface area contributed by atoms with Crippen LogP contribution in [0.25, 0.3) is 0 Å². The molecule has 2 aromatic carbocycles. The summed E-state index contributed by atoms with van der Waals surface area (Å²) in [5, 5.41) is 15.8. The standard InChI is InChI=1S/C19H20ClFN2O3/c20-15-8-14(21)6-7-17(15)26-18(12-4-2-1-3-5-12)19(25)23-10-13-9-22-11-16(13)24/h1-8,13,16,18,22,24H,9-11H2,(H,23,25). The van der Waals surface area contributed by atoms with Gasteiger partial charge in [-0.05, 0) is 18.2 Å². The Morgan fingerprint density at radius 1 is 1.31 bits per heavy atom. The minimum absolute atomic E-state index is 0.0511. The van der Waals surface area contributed by atoms with Crippen LogP contribution in [0.1, 0.15) is 11.7 Å². The van der Waals surface area contributed by atoms with Crippen molar-refractivity contribution in [2.75, 3.05) is 19.6 Å². The quantitative estimate of drug-likeness (QED) is 0.721. The number of nitrogens with one attached hydrogen (secondary N) is 2. The zero-order valence-corrected chi connectivity index (χ0v) is 14.7. The Hall–Kier alpha value is -2.15. The number of aliphatic hydroxyl groups is 1. The zero-order chi connectivity index (χ0) is 18.5. The molecule has 1 heterocycles. The lowest BCUT2D eigenvalue weighted by molar-refractivity contribution is -0.128. The maximum atomic E-state index is 13.2. The highest BCUT2D eigenvalue weighted by atomic mass is 35.5. The van der Waals surface area contributed by atoms with E-state index < -0.39 is 18.0 Å². The van der Waals surface area contributed by atoms with E-state index in [1.54, 1.807) is 24.3 Å². The highest BCUT2D eigenvalue weighted by Gasteiger charge is 2.28. The van der Waals surface area contributed by atoms with Gasteiger partial charge in [0.2, 0.25) is 6.10 Å². The normalized spacial score (nSPS) is 20.6. The second-order valence-electron chi connectivity index (χ2n) is 6.21. The van der Waals surface area contributed by atoms with Crippen molar-refractivity contribution in [3.8, 4) is 5.75 Å². The molecule has 1 fully saturated rings. The fourth-order valence-corrected chi connectivity index (χ4v) is 3.06. The van der Waals surface area contributed by atoms with E-state index in [0.29, 0.717) is 25.2 Å². The van der Waals surface area contributed by atoms with E-state index in [9.17, 15) is 14.3 Å². The van der Waals surface area contributed by atoms with Gasteiger partial charge in [0.05, 0.1) is 11.1 Å². The molecule has 1 aliphatic rings. The van der Waals surface area contributed by atoms with E-state index >= 15 is 0 Å². The molecule has 0 aliphatic carbocycles. The average molecular weight is 379 g/mol. The van der Waals surface area contributed by atoms with Crippen LogP contribution in [0.4, 0.5) is 4.39 Å². The van der Waals surface area contributed by atoms with Crippen molar-refractivity contribution in [2.45, 2.75) is 12.2 Å². The number of ether oxygens (including phenoxy) is 1. The molecule has 3 N–H and O–H groups in total. The van der Waals surface area contributed by atoms with E-state index in [4.69, 9.17) is 16.3 Å². The Morgan fingerprint density at radius 3 is 2.73 bits per heavy atom. The van der Waals surface area contributed by atoms with Gasteiger partial charge in [-0.2, -0.15) is 0 Å². The number of halogens is 2. The number of amides is 1. The molecule has 0 aromatic heterocycles. The molecule has 0 spiro atoms. The number of carbonyl (C=O) groups excluding carboxylic acids is 1. The lowest BCUT2D eigenvalue weighted by Gasteiger charge is -2.21. The summed E-state index contributed by atoms with van der Waals surface area (Å²) in [5.41, 5.74) is 0.649. The first-order valence-electron chi connectivity index (χ1n) is 8.37. The fourth-order valence-electron chi connectivity index (χ4n) is 2.85. The molecule has 1 amide bonds. The number of hydrogen-bond acceptors (Lipinski definition) is 4. The minimum atomic E-state index is -0.939. The SMILES string of the molecule is O=C(NCC1CNCC1O)C(Oc1ccc(F)cc1Cl)c1ccccc1. The number of hydrogen-bond donors (Lipinski definition) is 3. The number of aliphatic hydroxyl groups excluding tert-OH is 1. The monoisotopic (exact) mass is 378 g/mol. The molecule has 3 unspecified atom stereocenters. The van der Waals surface area contributed by atoms with Crippen molar-refractivity contribution in [1.82, 2.24) is 10.6 Å². The smallest absolute Gasteiger partial charge is 0.265 e. The number of benzene rings is 2. The molecular weight excluding hydrogens is 359 g/mol. The first-order chi connectivity index (χ1) is 12.5. The molecule has 3 rings (SSSR count). The first kappa shape index (κ1) is 18.6. The predicted molar refractivity (Wildman–Crippen MR) is 96.6 cm³/mol. The molecule has 0 saturated carbocycles. The molecule has 26 heavy (non-hydrogen) atoms. The summed E-state index contributed by atoms with van der Waals surface area (Å²) < 4.78 is 19.0. The second-order valence-corrected chi connectivity index (χ2v) is 6.62. The molecule has 1 saturated heterocycles. The lowest BCUT2D eigenvalue weighted by Crippen LogP contribution is -2.38. The summed E-state index contributed by atoms with van der Waals surface area (Å²) in [5.74, 6) is -0.661. The van der Waals surface area contributed by atoms with E-state index in [1.165, 1.54) is 12.1 Å². The van der Waals surface area contributed by atoms with Crippen molar-refractivity contribution >= 4 is 17.5 Å². The Morgan fingerprint density at radius 2 is 2.08 bits per heavy atom. The molecule has 0 bridgehead atoms. The average Bonchev–Trinajstić information content (AvgIpc) is 3.05. The zero-order valence-electron chi connectivity index (χ0n) is 14.0. The highest BCUT2D eigenvalue weighted by molar-refractivity contribution is 6.32. The largest absolute Gasteiger partial charge is 0.474 e. The van der Waals surface area contributed by atoms with Crippen LogP contribution < -0.4 is 15.4 Å². The summed E-state index contributed by atoms with van der Waals surface area (Å²) in [6.45, 7) is 1.49. The third-order valence-corrected chi connectivity index (χ3v) is 4.62. The molecule has 138 valence electrons. The molecular formula is C19H20ClFN2O3. The Balaban J connectivity index is 1.75. The third kappa shape index (κ3) is 4.52. The molecule has 1 aliphatic heterocycles. The van der Waals surface area contributed by atoms with Gasteiger partial charge in [-0.1, -0.05) is 41.9 Å². The van der Waals surface area contributed by atoms with Gasteiger partial charge in [0.25, 0.3) is 5.91 Å². The number of rotatable bonds is 6. The summed E-state index contributed by atoms with van der Waals surface area (Å²) >= 11 is 6.03. The fraction of sp³-hybridized carbons (Fsp3) is 0.316. The maximum absolute atomic E-state index is 13.2. The topological polar surface area (TPSA) is 70.6 Å². The van der Waals surface area contributed by atoms with Crippen LogP contribution in [-0.4, -0.2) is 36.8 Å². The van der Waals surface area contributed by atoms with Gasteiger partial charge in [-0.15, -0.1) is 0 Å². The molecule has 5 nitrogen and oxygen atoms in total. The summed E-state index contributed by atoms with van der Waals surface area (Å²) in [6, 6.07) is 12.7. The van der Waals surface area contributed by atoms with E-state index in [2.05, 4.69) is 10.6 Å². The van der Waals surface area contributed by atoms with Gasteiger partial charge in [-0.25, -0.2) is 4.39 Å². The molecule has 3 atom stereocenters. The summed E-state index contributed by atoms with van der Waals surface area (Å²) in [6.07, 6.45) is -1.43. The van der Waals surface area contributed by atoms with Gasteiger partial charge in [0, 0.05) is 31.1 Å². The van der Waals surface area contributed by atoms with Crippen LogP contribution >= 0.6 is 11.6 Å². The first-order valence-corrected chi connectivity index (χ1v) is 8.75. The second kappa shape index (κ2) is 8.49. The van der Waals surface area contributed by atoms with Crippen molar-refractivity contribution < 1.29 is 19.0 Å². The third-order valence-electron chi connectivity index (χ3n) is 4.32. The van der Waals surface area contributed by atoms with E-state index in [0.717, 1.165) is 6.07 Å². The maximum Gasteiger partial charge on any atom is 0.265 e. The molecule has 0 radical (unpaired) electrons.